The van der Waals surface area contributed by atoms with Crippen LogP contribution in [0.15, 0.2) is 59.1 Å². The van der Waals surface area contributed by atoms with Gasteiger partial charge in [0.1, 0.15) is 16.7 Å². The van der Waals surface area contributed by atoms with Gasteiger partial charge in [-0.3, -0.25) is 14.5 Å². The van der Waals surface area contributed by atoms with Crippen molar-refractivity contribution in [2.24, 2.45) is 0 Å². The number of carbonyl (C=O) groups is 2. The van der Waals surface area contributed by atoms with E-state index in [1.54, 1.807) is 6.07 Å². The van der Waals surface area contributed by atoms with Gasteiger partial charge in [0.25, 0.3) is 5.91 Å². The topological polar surface area (TPSA) is 73.2 Å². The van der Waals surface area contributed by atoms with Crippen LogP contribution in [0.4, 0.5) is 5.69 Å². The van der Waals surface area contributed by atoms with Gasteiger partial charge >= 0.3 is 0 Å². The third kappa shape index (κ3) is 3.77. The molecule has 142 valence electrons. The number of nitrogens with zero attached hydrogens (tertiary/aromatic N) is 2. The van der Waals surface area contributed by atoms with Gasteiger partial charge in [0.2, 0.25) is 5.91 Å². The Balaban J connectivity index is 2.09. The lowest BCUT2D eigenvalue weighted by Crippen LogP contribution is -2.32. The monoisotopic (exact) mass is 411 g/mol. The molecule has 1 atom stereocenters. The van der Waals surface area contributed by atoms with Gasteiger partial charge < -0.3 is 5.32 Å². The molecular formula is C21H18ClN3O2S. The maximum absolute atomic E-state index is 13.3. The molecule has 0 aromatic heterocycles. The summed E-state index contributed by atoms with van der Waals surface area (Å²) < 4.78 is 0. The van der Waals surface area contributed by atoms with Gasteiger partial charge in [-0.2, -0.15) is 5.26 Å². The van der Waals surface area contributed by atoms with Crippen molar-refractivity contribution < 1.29 is 9.59 Å². The molecule has 1 saturated heterocycles. The first-order valence-electron chi connectivity index (χ1n) is 8.64. The summed E-state index contributed by atoms with van der Waals surface area (Å²) in [5.41, 5.74) is 2.31. The lowest BCUT2D eigenvalue weighted by molar-refractivity contribution is -0.117. The lowest BCUT2D eigenvalue weighted by atomic mass is 10.1. The number of benzene rings is 2. The summed E-state index contributed by atoms with van der Waals surface area (Å²) in [6, 6.07) is 16.7. The Morgan fingerprint density at radius 2 is 1.93 bits per heavy atom. The Bertz CT molecular complexity index is 1010. The Morgan fingerprint density at radius 1 is 1.25 bits per heavy atom. The van der Waals surface area contributed by atoms with Gasteiger partial charge in [-0.05, 0) is 36.6 Å². The molecule has 2 aromatic carbocycles. The highest BCUT2D eigenvalue weighted by Gasteiger charge is 2.41. The molecule has 0 radical (unpaired) electrons. The smallest absolute Gasteiger partial charge is 0.264 e. The van der Waals surface area contributed by atoms with Crippen molar-refractivity contribution >= 4 is 40.9 Å². The highest BCUT2D eigenvalue weighted by Crippen LogP contribution is 2.43. The van der Waals surface area contributed by atoms with E-state index in [0.29, 0.717) is 22.2 Å². The molecule has 0 spiro atoms. The van der Waals surface area contributed by atoms with E-state index in [0.717, 1.165) is 11.1 Å². The zero-order valence-corrected chi connectivity index (χ0v) is 17.0. The van der Waals surface area contributed by atoms with Gasteiger partial charge in [-0.25, -0.2) is 0 Å². The predicted molar refractivity (Wildman–Crippen MR) is 112 cm³/mol. The molecule has 1 N–H and O–H groups in total. The van der Waals surface area contributed by atoms with Gasteiger partial charge in [0.05, 0.1) is 10.9 Å². The third-order valence-electron chi connectivity index (χ3n) is 4.45. The lowest BCUT2D eigenvalue weighted by Gasteiger charge is -2.20. The fraction of sp³-hybridized carbons (Fsp3) is 0.190. The van der Waals surface area contributed by atoms with Crippen LogP contribution in [0, 0.1) is 18.3 Å². The summed E-state index contributed by atoms with van der Waals surface area (Å²) >= 11 is 7.49. The van der Waals surface area contributed by atoms with E-state index in [1.807, 2.05) is 55.5 Å². The number of rotatable bonds is 4. The number of aryl methyl sites for hydroxylation is 1. The largest absolute Gasteiger partial charge is 0.354 e. The maximum atomic E-state index is 13.3. The first kappa shape index (κ1) is 20.0. The van der Waals surface area contributed by atoms with Crippen LogP contribution in [-0.4, -0.2) is 24.1 Å². The van der Waals surface area contributed by atoms with Crippen LogP contribution in [0.1, 0.15) is 11.1 Å². The van der Waals surface area contributed by atoms with Crippen LogP contribution in [0.5, 0.6) is 0 Å². The number of nitriles is 1. The summed E-state index contributed by atoms with van der Waals surface area (Å²) in [6.07, 6.45) is 0.404. The average Bonchev–Trinajstić information content (AvgIpc) is 3.00. The Morgan fingerprint density at radius 3 is 2.57 bits per heavy atom. The van der Waals surface area contributed by atoms with E-state index in [9.17, 15) is 14.9 Å². The molecule has 1 aliphatic heterocycles. The van der Waals surface area contributed by atoms with E-state index < -0.39 is 11.2 Å². The quantitative estimate of drug-likeness (QED) is 0.613. The molecule has 5 nitrogen and oxygen atoms in total. The van der Waals surface area contributed by atoms with Crippen molar-refractivity contribution in [3.8, 4) is 6.07 Å². The molecule has 1 fully saturated rings. The Hall–Kier alpha value is -2.75. The summed E-state index contributed by atoms with van der Waals surface area (Å²) in [4.78, 5) is 27.0. The minimum absolute atomic E-state index is 0.0780. The van der Waals surface area contributed by atoms with Gasteiger partial charge in [0.15, 0.2) is 0 Å². The van der Waals surface area contributed by atoms with Gasteiger partial charge in [-0.15, -0.1) is 0 Å². The number of thioether (sulfide) groups is 1. The minimum atomic E-state index is -0.519. The number of hydrogen-bond acceptors (Lipinski definition) is 4. The highest BCUT2D eigenvalue weighted by molar-refractivity contribution is 8.05. The average molecular weight is 412 g/mol. The number of amides is 2. The van der Waals surface area contributed by atoms with Crippen molar-refractivity contribution in [1.29, 1.82) is 5.26 Å². The van der Waals surface area contributed by atoms with Crippen molar-refractivity contribution in [2.75, 3.05) is 11.9 Å². The van der Waals surface area contributed by atoms with E-state index in [1.165, 1.54) is 23.7 Å². The van der Waals surface area contributed by atoms with Crippen LogP contribution < -0.4 is 10.2 Å². The third-order valence-corrected chi connectivity index (χ3v) is 6.08. The van der Waals surface area contributed by atoms with Crippen LogP contribution in [-0.2, 0) is 16.0 Å². The fourth-order valence-corrected chi connectivity index (χ4v) is 4.51. The molecule has 0 saturated carbocycles. The van der Waals surface area contributed by atoms with E-state index >= 15 is 0 Å². The molecule has 0 aliphatic carbocycles. The second-order valence-corrected chi connectivity index (χ2v) is 7.83. The van der Waals surface area contributed by atoms with Crippen molar-refractivity contribution in [1.82, 2.24) is 5.32 Å². The number of anilines is 1. The van der Waals surface area contributed by atoms with Crippen LogP contribution in [0.3, 0.4) is 0 Å². The standard InChI is InChI=1S/C21H18ClN3O2S/c1-13-7-3-6-10-17(13)25-20(27)18(11-14-8-4-5-9-16(14)22)28-21(25)15(12-23)19(26)24-2/h3-10,18H,11H2,1-2H3,(H,24,26)/b21-15-/t18-/m0/s1. The number of nitrogens with one attached hydrogen (secondary N) is 1. The molecular weight excluding hydrogens is 394 g/mol. The SMILES string of the molecule is CNC(=O)/C(C#N)=C1\S[C@@H](Cc2ccccc2Cl)C(=O)N1c1ccccc1C. The first-order chi connectivity index (χ1) is 13.5. The Kier molecular flexibility index (Phi) is 6.08. The fourth-order valence-electron chi connectivity index (χ4n) is 3.01. The normalized spacial score (nSPS) is 18.0. The van der Waals surface area contributed by atoms with Crippen LogP contribution in [0.2, 0.25) is 5.02 Å². The van der Waals surface area contributed by atoms with Crippen molar-refractivity contribution in [3.63, 3.8) is 0 Å². The highest BCUT2D eigenvalue weighted by atomic mass is 35.5. The van der Waals surface area contributed by atoms with Crippen molar-refractivity contribution in [3.05, 3.63) is 75.3 Å². The molecule has 3 rings (SSSR count). The minimum Gasteiger partial charge on any atom is -0.354 e. The van der Waals surface area contributed by atoms with Gasteiger partial charge in [0, 0.05) is 12.1 Å². The maximum Gasteiger partial charge on any atom is 0.264 e. The van der Waals surface area contributed by atoms with Crippen LogP contribution in [0.25, 0.3) is 0 Å². The number of carbonyl (C=O) groups excluding carboxylic acids is 2. The zero-order chi connectivity index (χ0) is 20.3. The van der Waals surface area contributed by atoms with Gasteiger partial charge in [-0.1, -0.05) is 59.8 Å². The molecule has 1 heterocycles. The molecule has 2 aromatic rings. The number of halogens is 1. The second kappa shape index (κ2) is 8.51. The Labute approximate surface area is 173 Å². The van der Waals surface area contributed by atoms with E-state index in [-0.39, 0.29) is 11.5 Å². The zero-order valence-electron chi connectivity index (χ0n) is 15.4. The van der Waals surface area contributed by atoms with Crippen LogP contribution >= 0.6 is 23.4 Å². The second-order valence-electron chi connectivity index (χ2n) is 6.23. The molecule has 28 heavy (non-hydrogen) atoms. The molecule has 0 unspecified atom stereocenters. The molecule has 7 heteroatoms. The predicted octanol–water partition coefficient (Wildman–Crippen LogP) is 3.82. The van der Waals surface area contributed by atoms with E-state index in [4.69, 9.17) is 11.6 Å². The van der Waals surface area contributed by atoms with Crippen molar-refractivity contribution in [2.45, 2.75) is 18.6 Å². The van der Waals surface area contributed by atoms with E-state index in [2.05, 4.69) is 5.32 Å². The number of likely N-dealkylation sites (N-methyl/N-ethyl adjacent to an activating group) is 1. The summed E-state index contributed by atoms with van der Waals surface area (Å²) in [5, 5.41) is 12.5. The molecule has 0 bridgehead atoms. The molecule has 1 aliphatic rings. The summed E-state index contributed by atoms with van der Waals surface area (Å²) in [5.74, 6) is -0.694. The first-order valence-corrected chi connectivity index (χ1v) is 9.89. The number of para-hydroxylation sites is 1. The summed E-state index contributed by atoms with van der Waals surface area (Å²) in [7, 11) is 1.46. The molecule has 2 amide bonds. The number of hydrogen-bond donors (Lipinski definition) is 1. The summed E-state index contributed by atoms with van der Waals surface area (Å²) in [6.45, 7) is 1.89.